The molecule has 0 atom stereocenters. The van der Waals surface area contributed by atoms with Crippen molar-refractivity contribution in [3.63, 3.8) is 0 Å². The molecular weight excluding hydrogens is 401 g/mol. The minimum atomic E-state index is -3.76. The SMILES string of the molecule is Cc1ccc(S(=O)(=O)N(Cc2ccc(Cl)c(Cl)c2)c2ccccc2C)cc1. The van der Waals surface area contributed by atoms with Crippen LogP contribution in [0.25, 0.3) is 0 Å². The summed E-state index contributed by atoms with van der Waals surface area (Å²) in [6, 6.07) is 19.4. The molecule has 0 aliphatic rings. The van der Waals surface area contributed by atoms with Gasteiger partial charge in [-0.05, 0) is 55.3 Å². The number of hydrogen-bond donors (Lipinski definition) is 0. The van der Waals surface area contributed by atoms with Crippen LogP contribution in [-0.2, 0) is 16.6 Å². The van der Waals surface area contributed by atoms with Crippen molar-refractivity contribution in [1.82, 2.24) is 0 Å². The lowest BCUT2D eigenvalue weighted by molar-refractivity contribution is 0.590. The van der Waals surface area contributed by atoms with Crippen LogP contribution in [0.3, 0.4) is 0 Å². The van der Waals surface area contributed by atoms with E-state index < -0.39 is 10.0 Å². The summed E-state index contributed by atoms with van der Waals surface area (Å²) in [6.07, 6.45) is 0. The monoisotopic (exact) mass is 419 g/mol. The molecule has 0 heterocycles. The lowest BCUT2D eigenvalue weighted by Gasteiger charge is -2.26. The fourth-order valence-corrected chi connectivity index (χ4v) is 4.62. The lowest BCUT2D eigenvalue weighted by Crippen LogP contribution is -2.31. The van der Waals surface area contributed by atoms with Crippen LogP contribution >= 0.6 is 23.2 Å². The van der Waals surface area contributed by atoms with Crippen molar-refractivity contribution in [3.05, 3.63) is 93.5 Å². The van der Waals surface area contributed by atoms with Crippen LogP contribution in [0.15, 0.2) is 71.6 Å². The maximum atomic E-state index is 13.4. The van der Waals surface area contributed by atoms with E-state index >= 15 is 0 Å². The summed E-state index contributed by atoms with van der Waals surface area (Å²) < 4.78 is 28.2. The van der Waals surface area contributed by atoms with Crippen LogP contribution in [0.4, 0.5) is 5.69 Å². The van der Waals surface area contributed by atoms with Crippen LogP contribution in [-0.4, -0.2) is 8.42 Å². The molecule has 0 bridgehead atoms. The summed E-state index contributed by atoms with van der Waals surface area (Å²) in [5.74, 6) is 0. The van der Waals surface area contributed by atoms with E-state index in [-0.39, 0.29) is 11.4 Å². The standard InChI is InChI=1S/C21H19Cl2NO2S/c1-15-7-10-18(11-8-15)27(25,26)24(21-6-4-3-5-16(21)2)14-17-9-12-19(22)20(23)13-17/h3-13H,14H2,1-2H3. The first-order valence-corrected chi connectivity index (χ1v) is 10.6. The molecule has 6 heteroatoms. The highest BCUT2D eigenvalue weighted by molar-refractivity contribution is 7.92. The second-order valence-corrected chi connectivity index (χ2v) is 9.04. The van der Waals surface area contributed by atoms with Crippen molar-refractivity contribution in [3.8, 4) is 0 Å². The van der Waals surface area contributed by atoms with E-state index in [1.54, 1.807) is 48.5 Å². The number of nitrogens with zero attached hydrogens (tertiary/aromatic N) is 1. The van der Waals surface area contributed by atoms with Gasteiger partial charge in [0.2, 0.25) is 0 Å². The van der Waals surface area contributed by atoms with Gasteiger partial charge in [0.1, 0.15) is 0 Å². The van der Waals surface area contributed by atoms with Gasteiger partial charge in [-0.1, -0.05) is 65.2 Å². The van der Waals surface area contributed by atoms with Crippen LogP contribution in [0.1, 0.15) is 16.7 Å². The molecule has 3 rings (SSSR count). The number of aryl methyl sites for hydroxylation is 2. The zero-order chi connectivity index (χ0) is 19.6. The third-order valence-corrected chi connectivity index (χ3v) is 6.82. The largest absolute Gasteiger partial charge is 0.264 e. The molecule has 0 aromatic heterocycles. The van der Waals surface area contributed by atoms with Gasteiger partial charge in [-0.25, -0.2) is 8.42 Å². The van der Waals surface area contributed by atoms with E-state index in [2.05, 4.69) is 0 Å². The van der Waals surface area contributed by atoms with E-state index in [1.807, 2.05) is 32.0 Å². The lowest BCUT2D eigenvalue weighted by atomic mass is 10.2. The Morgan fingerprint density at radius 1 is 0.852 bits per heavy atom. The molecule has 0 fully saturated rings. The predicted octanol–water partition coefficient (Wildman–Crippen LogP) is 6.01. The second kappa shape index (κ2) is 7.93. The molecule has 27 heavy (non-hydrogen) atoms. The molecule has 3 nitrogen and oxygen atoms in total. The molecule has 0 aliphatic carbocycles. The van der Waals surface area contributed by atoms with Crippen molar-refractivity contribution < 1.29 is 8.42 Å². The van der Waals surface area contributed by atoms with Gasteiger partial charge in [0.15, 0.2) is 0 Å². The Kier molecular flexibility index (Phi) is 5.80. The molecule has 0 N–H and O–H groups in total. The first-order chi connectivity index (χ1) is 12.8. The first-order valence-electron chi connectivity index (χ1n) is 8.38. The van der Waals surface area contributed by atoms with E-state index in [9.17, 15) is 8.42 Å². The van der Waals surface area contributed by atoms with E-state index in [0.717, 1.165) is 16.7 Å². The van der Waals surface area contributed by atoms with Crippen LogP contribution in [0.5, 0.6) is 0 Å². The average Bonchev–Trinajstić information content (AvgIpc) is 2.63. The number of anilines is 1. The molecule has 0 spiro atoms. The third-order valence-electron chi connectivity index (χ3n) is 4.30. The maximum Gasteiger partial charge on any atom is 0.264 e. The minimum Gasteiger partial charge on any atom is -0.262 e. The van der Waals surface area contributed by atoms with Gasteiger partial charge >= 0.3 is 0 Å². The Bertz CT molecular complexity index is 1060. The van der Waals surface area contributed by atoms with Gasteiger partial charge in [-0.3, -0.25) is 4.31 Å². The number of halogens is 2. The number of hydrogen-bond acceptors (Lipinski definition) is 2. The van der Waals surface area contributed by atoms with Gasteiger partial charge in [-0.2, -0.15) is 0 Å². The third kappa shape index (κ3) is 4.29. The number of benzene rings is 3. The topological polar surface area (TPSA) is 37.4 Å². The fourth-order valence-electron chi connectivity index (χ4n) is 2.78. The molecule has 0 amide bonds. The van der Waals surface area contributed by atoms with Gasteiger partial charge in [0.25, 0.3) is 10.0 Å². The van der Waals surface area contributed by atoms with Crippen LogP contribution in [0, 0.1) is 13.8 Å². The van der Waals surface area contributed by atoms with Gasteiger partial charge in [0, 0.05) is 0 Å². The van der Waals surface area contributed by atoms with Crippen molar-refractivity contribution in [2.45, 2.75) is 25.3 Å². The van der Waals surface area contributed by atoms with Crippen LogP contribution < -0.4 is 4.31 Å². The Morgan fingerprint density at radius 3 is 2.15 bits per heavy atom. The summed E-state index contributed by atoms with van der Waals surface area (Å²) >= 11 is 12.1. The summed E-state index contributed by atoms with van der Waals surface area (Å²) in [7, 11) is -3.76. The maximum absolute atomic E-state index is 13.4. The molecule has 3 aromatic carbocycles. The zero-order valence-electron chi connectivity index (χ0n) is 15.0. The van der Waals surface area contributed by atoms with Crippen molar-refractivity contribution in [2.24, 2.45) is 0 Å². The second-order valence-electron chi connectivity index (χ2n) is 6.36. The zero-order valence-corrected chi connectivity index (χ0v) is 17.3. The molecule has 0 saturated carbocycles. The van der Waals surface area contributed by atoms with Gasteiger partial charge in [-0.15, -0.1) is 0 Å². The van der Waals surface area contributed by atoms with Crippen molar-refractivity contribution >= 4 is 38.9 Å². The summed E-state index contributed by atoms with van der Waals surface area (Å²) in [4.78, 5) is 0.247. The molecule has 0 aliphatic heterocycles. The first kappa shape index (κ1) is 19.7. The smallest absolute Gasteiger partial charge is 0.262 e. The Hall–Kier alpha value is -2.01. The average molecular weight is 420 g/mol. The highest BCUT2D eigenvalue weighted by Crippen LogP contribution is 2.30. The molecule has 3 aromatic rings. The molecule has 0 radical (unpaired) electrons. The van der Waals surface area contributed by atoms with E-state index in [0.29, 0.717) is 15.7 Å². The normalized spacial score (nSPS) is 11.4. The van der Waals surface area contributed by atoms with Crippen molar-refractivity contribution in [1.29, 1.82) is 0 Å². The van der Waals surface area contributed by atoms with Gasteiger partial charge < -0.3 is 0 Å². The van der Waals surface area contributed by atoms with E-state index in [1.165, 1.54) is 4.31 Å². The summed E-state index contributed by atoms with van der Waals surface area (Å²) in [6.45, 7) is 3.96. The highest BCUT2D eigenvalue weighted by Gasteiger charge is 2.26. The number of para-hydroxylation sites is 1. The van der Waals surface area contributed by atoms with Crippen molar-refractivity contribution in [2.75, 3.05) is 4.31 Å². The summed E-state index contributed by atoms with van der Waals surface area (Å²) in [5, 5.41) is 0.830. The van der Waals surface area contributed by atoms with Crippen LogP contribution in [0.2, 0.25) is 10.0 Å². The Morgan fingerprint density at radius 2 is 1.52 bits per heavy atom. The highest BCUT2D eigenvalue weighted by atomic mass is 35.5. The Balaban J connectivity index is 2.11. The molecule has 140 valence electrons. The predicted molar refractivity (Wildman–Crippen MR) is 112 cm³/mol. The fraction of sp³-hybridized carbons (Fsp3) is 0.143. The minimum absolute atomic E-state index is 0.151. The number of sulfonamides is 1. The summed E-state index contributed by atoms with van der Waals surface area (Å²) in [5.41, 5.74) is 3.25. The van der Waals surface area contributed by atoms with E-state index in [4.69, 9.17) is 23.2 Å². The molecule has 0 saturated heterocycles. The van der Waals surface area contributed by atoms with Gasteiger partial charge in [0.05, 0.1) is 27.2 Å². The molecule has 0 unspecified atom stereocenters. The molecular formula is C21H19Cl2NO2S. The quantitative estimate of drug-likeness (QED) is 0.507. The number of rotatable bonds is 5. The Labute approximate surface area is 170 Å².